The fourth-order valence-electron chi connectivity index (χ4n) is 3.19. The van der Waals surface area contributed by atoms with Crippen LogP contribution in [0.2, 0.25) is 0 Å². The standard InChI is InChI=1S/C22H17F3N4O2S/c23-22(24,25)18-4-6-19(7-5-18)32(30,31)28-13-15-2-1-3-17(12-15)21-20(14-27-29-21)16-8-10-26-11-9-16/h1-12,14H,13H2,(H2-,27,28,29,30,31)/p+1. The molecule has 4 aromatic rings. The van der Waals surface area contributed by atoms with Crippen molar-refractivity contribution < 1.29 is 21.9 Å². The Balaban J connectivity index is 1.52. The van der Waals surface area contributed by atoms with Crippen LogP contribution in [0.25, 0.3) is 22.4 Å². The molecule has 0 fully saturated rings. The third-order valence-electron chi connectivity index (χ3n) is 4.82. The van der Waals surface area contributed by atoms with Crippen LogP contribution in [0.4, 0.5) is 13.2 Å². The predicted molar refractivity (Wildman–Crippen MR) is 114 cm³/mol. The molecular formula is C22H18F3N4O2S+. The number of nitrogens with zero attached hydrogens (tertiary/aromatic N) is 2. The van der Waals surface area contributed by atoms with Gasteiger partial charge in [-0.3, -0.25) is 10.1 Å². The van der Waals surface area contributed by atoms with Crippen LogP contribution in [-0.2, 0) is 27.3 Å². The Bertz CT molecular complexity index is 1260. The number of rotatable bonds is 6. The van der Waals surface area contributed by atoms with Gasteiger partial charge in [0.05, 0.1) is 24.0 Å². The highest BCUT2D eigenvalue weighted by atomic mass is 32.3. The van der Waals surface area contributed by atoms with E-state index in [-0.39, 0.29) is 11.4 Å². The van der Waals surface area contributed by atoms with Crippen molar-refractivity contribution in [2.24, 2.45) is 0 Å². The van der Waals surface area contributed by atoms with Gasteiger partial charge in [0.25, 0.3) is 0 Å². The molecule has 3 N–H and O–H groups in total. The first-order chi connectivity index (χ1) is 15.2. The molecule has 2 aromatic carbocycles. The van der Waals surface area contributed by atoms with E-state index in [0.717, 1.165) is 46.6 Å². The number of benzene rings is 2. The molecule has 32 heavy (non-hydrogen) atoms. The second kappa shape index (κ2) is 8.65. The molecule has 164 valence electrons. The van der Waals surface area contributed by atoms with E-state index in [1.165, 1.54) is 0 Å². The van der Waals surface area contributed by atoms with E-state index >= 15 is 0 Å². The maximum Gasteiger partial charge on any atom is 0.416 e. The average molecular weight is 459 g/mol. The van der Waals surface area contributed by atoms with Gasteiger partial charge >= 0.3 is 16.6 Å². The van der Waals surface area contributed by atoms with Crippen LogP contribution in [0.5, 0.6) is 0 Å². The Kier molecular flexibility index (Phi) is 5.92. The lowest BCUT2D eigenvalue weighted by atomic mass is 10.0. The van der Waals surface area contributed by atoms with E-state index in [1.54, 1.807) is 30.7 Å². The summed E-state index contributed by atoms with van der Waals surface area (Å²) < 4.78 is 63.6. The summed E-state index contributed by atoms with van der Waals surface area (Å²) in [6.45, 7) is 0.0307. The summed E-state index contributed by atoms with van der Waals surface area (Å²) in [4.78, 5) is 3.89. The van der Waals surface area contributed by atoms with Gasteiger partial charge in [-0.1, -0.05) is 22.9 Å². The summed E-state index contributed by atoms with van der Waals surface area (Å²) in [6.07, 6.45) is 0.572. The first kappa shape index (κ1) is 21.9. The smallest absolute Gasteiger partial charge is 0.277 e. The van der Waals surface area contributed by atoms with E-state index in [1.807, 2.05) is 24.3 Å². The van der Waals surface area contributed by atoms with Gasteiger partial charge in [-0.2, -0.15) is 22.8 Å². The van der Waals surface area contributed by atoms with Gasteiger partial charge < -0.3 is 0 Å². The summed E-state index contributed by atoms with van der Waals surface area (Å²) in [6, 6.07) is 14.6. The van der Waals surface area contributed by atoms with Crippen molar-refractivity contribution in [3.05, 3.63) is 90.4 Å². The molecule has 10 heteroatoms. The molecule has 0 saturated heterocycles. The van der Waals surface area contributed by atoms with Crippen LogP contribution in [-0.4, -0.2) is 19.7 Å². The first-order valence-electron chi connectivity index (χ1n) is 9.46. The van der Waals surface area contributed by atoms with Crippen LogP contribution in [0, 0.1) is 0 Å². The van der Waals surface area contributed by atoms with Crippen LogP contribution >= 0.6 is 0 Å². The van der Waals surface area contributed by atoms with E-state index in [9.17, 15) is 21.9 Å². The molecule has 1 unspecified atom stereocenters. The van der Waals surface area contributed by atoms with E-state index in [4.69, 9.17) is 0 Å². The van der Waals surface area contributed by atoms with Crippen LogP contribution in [0.3, 0.4) is 0 Å². The summed E-state index contributed by atoms with van der Waals surface area (Å²) in [7, 11) is -3.73. The number of halogens is 3. The molecule has 2 aromatic heterocycles. The lowest BCUT2D eigenvalue weighted by Gasteiger charge is -2.09. The molecule has 2 heterocycles. The molecule has 0 spiro atoms. The minimum atomic E-state index is -4.51. The molecule has 0 aliphatic rings. The molecule has 0 radical (unpaired) electrons. The second-order valence-electron chi connectivity index (χ2n) is 6.96. The summed E-state index contributed by atoms with van der Waals surface area (Å²) in [5, 5.41) is 7.10. The zero-order valence-electron chi connectivity index (χ0n) is 16.5. The molecule has 0 amide bonds. The van der Waals surface area contributed by atoms with E-state index in [0.29, 0.717) is 5.56 Å². The van der Waals surface area contributed by atoms with Gasteiger partial charge in [-0.05, 0) is 57.8 Å². The summed E-state index contributed by atoms with van der Waals surface area (Å²) in [5.74, 6) is 0. The quantitative estimate of drug-likeness (QED) is 0.346. The Labute approximate surface area is 182 Å². The largest absolute Gasteiger partial charge is 0.416 e. The van der Waals surface area contributed by atoms with Crippen molar-refractivity contribution in [2.45, 2.75) is 17.6 Å². The number of hydrogen-bond acceptors (Lipinski definition) is 3. The molecule has 0 bridgehead atoms. The van der Waals surface area contributed by atoms with Crippen LogP contribution < -0.4 is 4.72 Å². The SMILES string of the molecule is O=[S+](O)(NCc1cccc(-c2[nH]ncc2-c2ccncc2)c1)c1ccc(C(F)(F)F)cc1. The number of nitrogens with one attached hydrogen (secondary N) is 2. The van der Waals surface area contributed by atoms with E-state index in [2.05, 4.69) is 19.9 Å². The van der Waals surface area contributed by atoms with Crippen molar-refractivity contribution in [2.75, 3.05) is 0 Å². The minimum Gasteiger partial charge on any atom is -0.277 e. The van der Waals surface area contributed by atoms with Gasteiger partial charge in [0.15, 0.2) is 0 Å². The molecule has 0 aliphatic heterocycles. The molecule has 0 saturated carbocycles. The lowest BCUT2D eigenvalue weighted by molar-refractivity contribution is -0.137. The average Bonchev–Trinajstić information content (AvgIpc) is 3.28. The molecular weight excluding hydrogens is 441 g/mol. The van der Waals surface area contributed by atoms with Gasteiger partial charge in [-0.15, -0.1) is 0 Å². The Morgan fingerprint density at radius 1 is 1.00 bits per heavy atom. The van der Waals surface area contributed by atoms with E-state index < -0.39 is 22.1 Å². The molecule has 6 nitrogen and oxygen atoms in total. The monoisotopic (exact) mass is 459 g/mol. The maximum absolute atomic E-state index is 12.7. The normalized spacial score (nSPS) is 13.6. The van der Waals surface area contributed by atoms with Gasteiger partial charge in [0.2, 0.25) is 4.90 Å². The second-order valence-corrected chi connectivity index (χ2v) is 8.78. The number of aromatic amines is 1. The summed E-state index contributed by atoms with van der Waals surface area (Å²) in [5.41, 5.74) is 3.26. The van der Waals surface area contributed by atoms with Gasteiger partial charge in [0.1, 0.15) is 0 Å². The fourth-order valence-corrected chi connectivity index (χ4v) is 4.22. The van der Waals surface area contributed by atoms with Crippen molar-refractivity contribution in [1.29, 1.82) is 0 Å². The van der Waals surface area contributed by atoms with Crippen LogP contribution in [0.1, 0.15) is 11.1 Å². The Hall–Kier alpha value is -3.34. The molecule has 1 atom stereocenters. The highest BCUT2D eigenvalue weighted by Gasteiger charge is 2.33. The maximum atomic E-state index is 12.7. The van der Waals surface area contributed by atoms with Crippen molar-refractivity contribution >= 4 is 10.4 Å². The molecule has 0 aliphatic carbocycles. The third-order valence-corrected chi connectivity index (χ3v) is 6.27. The number of alkyl halides is 3. The van der Waals surface area contributed by atoms with Gasteiger partial charge in [-0.25, -0.2) is 0 Å². The van der Waals surface area contributed by atoms with Crippen molar-refractivity contribution in [3.63, 3.8) is 0 Å². The number of aromatic nitrogens is 3. The third kappa shape index (κ3) is 4.77. The topological polar surface area (TPSA) is 90.9 Å². The van der Waals surface area contributed by atoms with Crippen molar-refractivity contribution in [1.82, 2.24) is 19.9 Å². The highest BCUT2D eigenvalue weighted by molar-refractivity contribution is 7.95. The Morgan fingerprint density at radius 2 is 1.72 bits per heavy atom. The van der Waals surface area contributed by atoms with Gasteiger partial charge in [0, 0.05) is 23.5 Å². The predicted octanol–water partition coefficient (Wildman–Crippen LogP) is 5.19. The lowest BCUT2D eigenvalue weighted by Crippen LogP contribution is -2.29. The highest BCUT2D eigenvalue weighted by Crippen LogP contribution is 2.31. The van der Waals surface area contributed by atoms with Crippen LogP contribution in [0.15, 0.2) is 84.1 Å². The number of pyridine rings is 1. The number of hydrogen-bond donors (Lipinski definition) is 3. The molecule has 4 rings (SSSR count). The zero-order valence-corrected chi connectivity index (χ0v) is 17.3. The summed E-state index contributed by atoms with van der Waals surface area (Å²) >= 11 is 0. The first-order valence-corrected chi connectivity index (χ1v) is 11.0. The minimum absolute atomic E-state index is 0.0307. The zero-order chi connectivity index (χ0) is 22.8. The Morgan fingerprint density at radius 3 is 2.41 bits per heavy atom. The van der Waals surface area contributed by atoms with Crippen molar-refractivity contribution in [3.8, 4) is 22.4 Å². The number of H-pyrrole nitrogens is 1. The fraction of sp³-hybridized carbons (Fsp3) is 0.0909.